The van der Waals surface area contributed by atoms with Crippen molar-refractivity contribution in [2.45, 2.75) is 63.9 Å². The van der Waals surface area contributed by atoms with Gasteiger partial charge in [-0.15, -0.1) is 10.2 Å². The molecule has 166 valence electrons. The first-order valence-corrected chi connectivity index (χ1v) is 11.8. The van der Waals surface area contributed by atoms with E-state index in [1.165, 1.54) is 12.4 Å². The summed E-state index contributed by atoms with van der Waals surface area (Å²) in [5.74, 6) is 2.34. The summed E-state index contributed by atoms with van der Waals surface area (Å²) in [4.78, 5) is 15.5. The van der Waals surface area contributed by atoms with Crippen LogP contribution in [-0.4, -0.2) is 50.1 Å². The van der Waals surface area contributed by atoms with E-state index in [0.717, 1.165) is 18.7 Å². The Morgan fingerprint density at radius 2 is 1.93 bits per heavy atom. The van der Waals surface area contributed by atoms with E-state index in [1.54, 1.807) is 6.92 Å². The highest BCUT2D eigenvalue weighted by Gasteiger charge is 2.34. The number of nitrogens with one attached hydrogen (secondary N) is 1. The molecule has 2 aromatic rings. The predicted molar refractivity (Wildman–Crippen MR) is 110 cm³/mol. The second kappa shape index (κ2) is 9.65. The van der Waals surface area contributed by atoms with Gasteiger partial charge in [0.2, 0.25) is 10.0 Å². The van der Waals surface area contributed by atoms with E-state index in [2.05, 4.69) is 25.1 Å². The lowest BCUT2D eigenvalue weighted by atomic mass is 9.75. The Kier molecular flexibility index (Phi) is 7.40. The minimum Gasteiger partial charge on any atom is -0.396 e. The first-order valence-electron chi connectivity index (χ1n) is 9.84. The number of nitrogens with zero attached hydrogens (tertiary/aromatic N) is 5. The first kappa shape index (κ1) is 23.0. The normalized spacial score (nSPS) is 20.3. The van der Waals surface area contributed by atoms with Crippen LogP contribution in [0.25, 0.3) is 0 Å². The fourth-order valence-electron chi connectivity index (χ4n) is 3.44. The van der Waals surface area contributed by atoms with E-state index in [1.807, 2.05) is 18.4 Å². The molecule has 1 unspecified atom stereocenters. The van der Waals surface area contributed by atoms with E-state index in [9.17, 15) is 13.5 Å². The van der Waals surface area contributed by atoms with Gasteiger partial charge >= 0.3 is 0 Å². The summed E-state index contributed by atoms with van der Waals surface area (Å²) in [6, 6.07) is 0.0966. The molecule has 0 saturated heterocycles. The Hall–Kier alpha value is -1.66. The smallest absolute Gasteiger partial charge is 0.236 e. The maximum Gasteiger partial charge on any atom is 0.236 e. The SMILES string of the molecule is CC(C)n1c(CONS(=O)(=O)C(C)Cc2ncc(Cl)cn2)nnc1[C@H]1C[C@@H](CO)C1. The monoisotopic (exact) mass is 458 g/mol. The predicted octanol–water partition coefficient (Wildman–Crippen LogP) is 1.77. The van der Waals surface area contributed by atoms with Gasteiger partial charge in [-0.2, -0.15) is 0 Å². The van der Waals surface area contributed by atoms with Crippen LogP contribution < -0.4 is 4.89 Å². The molecule has 2 N–H and O–H groups in total. The summed E-state index contributed by atoms with van der Waals surface area (Å²) in [6.45, 7) is 5.70. The van der Waals surface area contributed by atoms with Crippen LogP contribution in [0.5, 0.6) is 0 Å². The van der Waals surface area contributed by atoms with Crippen molar-refractivity contribution in [2.24, 2.45) is 5.92 Å². The topological polar surface area (TPSA) is 132 Å². The van der Waals surface area contributed by atoms with Gasteiger partial charge < -0.3 is 9.67 Å². The van der Waals surface area contributed by atoms with Crippen LogP contribution >= 0.6 is 11.6 Å². The van der Waals surface area contributed by atoms with E-state index < -0.39 is 15.3 Å². The molecule has 12 heteroatoms. The summed E-state index contributed by atoms with van der Waals surface area (Å²) in [7, 11) is -3.76. The largest absolute Gasteiger partial charge is 0.396 e. The molecule has 0 radical (unpaired) electrons. The number of aromatic nitrogens is 5. The number of hydrogen-bond donors (Lipinski definition) is 2. The summed E-state index contributed by atoms with van der Waals surface area (Å²) in [5.41, 5.74) is 0. The van der Waals surface area contributed by atoms with Gasteiger partial charge in [-0.25, -0.2) is 18.4 Å². The van der Waals surface area contributed by atoms with Crippen LogP contribution in [0.15, 0.2) is 12.4 Å². The van der Waals surface area contributed by atoms with Gasteiger partial charge in [0.1, 0.15) is 18.3 Å². The van der Waals surface area contributed by atoms with Crippen molar-refractivity contribution < 1.29 is 18.4 Å². The Morgan fingerprint density at radius 3 is 2.53 bits per heavy atom. The average Bonchev–Trinajstić information content (AvgIpc) is 3.06. The van der Waals surface area contributed by atoms with E-state index in [0.29, 0.717) is 22.6 Å². The van der Waals surface area contributed by atoms with E-state index in [-0.39, 0.29) is 31.6 Å². The second-order valence-electron chi connectivity index (χ2n) is 7.90. The Morgan fingerprint density at radius 1 is 1.27 bits per heavy atom. The van der Waals surface area contributed by atoms with Gasteiger partial charge in [-0.1, -0.05) is 16.5 Å². The molecule has 0 aromatic carbocycles. The molecule has 1 saturated carbocycles. The van der Waals surface area contributed by atoms with Crippen LogP contribution in [0.4, 0.5) is 0 Å². The van der Waals surface area contributed by atoms with Crippen molar-refractivity contribution >= 4 is 21.6 Å². The third kappa shape index (κ3) is 5.33. The fraction of sp³-hybridized carbons (Fsp3) is 0.667. The van der Waals surface area contributed by atoms with Gasteiger partial charge in [0.25, 0.3) is 0 Å². The molecule has 0 spiro atoms. The molecule has 0 bridgehead atoms. The highest BCUT2D eigenvalue weighted by Crippen LogP contribution is 2.41. The highest BCUT2D eigenvalue weighted by molar-refractivity contribution is 7.89. The maximum absolute atomic E-state index is 12.5. The van der Waals surface area contributed by atoms with Crippen LogP contribution in [0, 0.1) is 5.92 Å². The molecule has 1 aliphatic carbocycles. The molecule has 0 aliphatic heterocycles. The Labute approximate surface area is 181 Å². The van der Waals surface area contributed by atoms with Crippen LogP contribution in [-0.2, 0) is 27.9 Å². The fourth-order valence-corrected chi connectivity index (χ4v) is 4.30. The van der Waals surface area contributed by atoms with Gasteiger partial charge in [-0.3, -0.25) is 4.84 Å². The van der Waals surface area contributed by atoms with E-state index in [4.69, 9.17) is 16.4 Å². The zero-order valence-electron chi connectivity index (χ0n) is 17.2. The van der Waals surface area contributed by atoms with Crippen molar-refractivity contribution in [1.29, 1.82) is 0 Å². The molecule has 1 aliphatic rings. The molecule has 0 amide bonds. The van der Waals surface area contributed by atoms with Crippen LogP contribution in [0.2, 0.25) is 5.02 Å². The van der Waals surface area contributed by atoms with Crippen molar-refractivity contribution in [1.82, 2.24) is 29.6 Å². The summed E-state index contributed by atoms with van der Waals surface area (Å²) < 4.78 is 26.9. The molecule has 2 aromatic heterocycles. The minimum absolute atomic E-state index is 0.0509. The van der Waals surface area contributed by atoms with Crippen LogP contribution in [0.3, 0.4) is 0 Å². The molecule has 1 fully saturated rings. The average molecular weight is 459 g/mol. The van der Waals surface area contributed by atoms with Crippen molar-refractivity contribution in [2.75, 3.05) is 6.61 Å². The van der Waals surface area contributed by atoms with Crippen LogP contribution in [0.1, 0.15) is 63.0 Å². The number of rotatable bonds is 10. The molecule has 3 rings (SSSR count). The number of sulfonamides is 1. The van der Waals surface area contributed by atoms with Crippen molar-refractivity contribution in [3.05, 3.63) is 34.9 Å². The van der Waals surface area contributed by atoms with Gasteiger partial charge in [0.05, 0.1) is 10.3 Å². The summed E-state index contributed by atoms with van der Waals surface area (Å²) >= 11 is 5.75. The Balaban J connectivity index is 1.58. The van der Waals surface area contributed by atoms with Crippen molar-refractivity contribution in [3.63, 3.8) is 0 Å². The van der Waals surface area contributed by atoms with Gasteiger partial charge in [0.15, 0.2) is 5.82 Å². The minimum atomic E-state index is -3.76. The summed E-state index contributed by atoms with van der Waals surface area (Å²) in [5, 5.41) is 17.3. The molecular weight excluding hydrogens is 432 g/mol. The second-order valence-corrected chi connectivity index (χ2v) is 10.4. The number of hydrogen-bond acceptors (Lipinski definition) is 8. The molecule has 10 nitrogen and oxygen atoms in total. The standard InChI is InChI=1S/C18H27ClN6O4S/c1-11(2)25-17(22-23-18(25)14-5-13(6-14)9-26)10-29-24-30(27,28)12(3)4-16-20-7-15(19)8-21-16/h7-8,11-14,24,26H,4-6,9-10H2,1-3H3/t12?,13-,14+. The lowest BCUT2D eigenvalue weighted by Gasteiger charge is -2.34. The molecule has 30 heavy (non-hydrogen) atoms. The lowest BCUT2D eigenvalue weighted by molar-refractivity contribution is 0.0707. The molecule has 2 heterocycles. The first-order chi connectivity index (χ1) is 14.2. The van der Waals surface area contributed by atoms with Crippen molar-refractivity contribution in [3.8, 4) is 0 Å². The zero-order chi connectivity index (χ0) is 21.9. The number of halogens is 1. The number of aliphatic hydroxyl groups excluding tert-OH is 1. The third-order valence-electron chi connectivity index (χ3n) is 5.22. The number of aliphatic hydroxyl groups is 1. The molecular formula is C18H27ClN6O4S. The lowest BCUT2D eigenvalue weighted by Crippen LogP contribution is -2.34. The van der Waals surface area contributed by atoms with Gasteiger partial charge in [-0.05, 0) is 39.5 Å². The Bertz CT molecular complexity index is 944. The summed E-state index contributed by atoms with van der Waals surface area (Å²) in [6.07, 6.45) is 4.72. The highest BCUT2D eigenvalue weighted by atomic mass is 35.5. The van der Waals surface area contributed by atoms with Gasteiger partial charge in [0, 0.05) is 37.4 Å². The zero-order valence-corrected chi connectivity index (χ0v) is 18.8. The van der Waals surface area contributed by atoms with E-state index >= 15 is 0 Å². The molecule has 1 atom stereocenters. The quantitative estimate of drug-likeness (QED) is 0.515. The third-order valence-corrected chi connectivity index (χ3v) is 6.99. The maximum atomic E-state index is 12.5.